The summed E-state index contributed by atoms with van der Waals surface area (Å²) in [5.41, 5.74) is 3.54. The second kappa shape index (κ2) is 7.83. The number of para-hydroxylation sites is 1. The largest absolute Gasteiger partial charge is 0.462 e. The molecule has 0 fully saturated rings. The minimum atomic E-state index is -0.338. The van der Waals surface area contributed by atoms with Gasteiger partial charge in [-0.3, -0.25) is 4.79 Å². The van der Waals surface area contributed by atoms with E-state index in [1.54, 1.807) is 31.2 Å². The zero-order valence-corrected chi connectivity index (χ0v) is 14.3. The minimum Gasteiger partial charge on any atom is -0.462 e. The number of hydrogen-bond donors (Lipinski definition) is 1. The Morgan fingerprint density at radius 3 is 2.64 bits per heavy atom. The summed E-state index contributed by atoms with van der Waals surface area (Å²) in [6, 6.07) is 15.0. The van der Waals surface area contributed by atoms with Gasteiger partial charge >= 0.3 is 5.97 Å². The van der Waals surface area contributed by atoms with Crippen LogP contribution in [0.1, 0.15) is 29.3 Å². The van der Waals surface area contributed by atoms with Gasteiger partial charge in [-0.2, -0.15) is 0 Å². The van der Waals surface area contributed by atoms with Crippen molar-refractivity contribution >= 4 is 23.3 Å². The van der Waals surface area contributed by atoms with Crippen LogP contribution in [-0.2, 0) is 16.0 Å². The van der Waals surface area contributed by atoms with E-state index in [9.17, 15) is 9.59 Å². The highest BCUT2D eigenvalue weighted by molar-refractivity contribution is 5.97. The lowest BCUT2D eigenvalue weighted by atomic mass is 10.0. The number of nitrogens with zero attached hydrogens (tertiary/aromatic N) is 1. The van der Waals surface area contributed by atoms with Crippen molar-refractivity contribution in [2.24, 2.45) is 0 Å². The van der Waals surface area contributed by atoms with Gasteiger partial charge in [0, 0.05) is 17.9 Å². The molecular formula is C20H22N2O3. The summed E-state index contributed by atoms with van der Waals surface area (Å²) in [7, 11) is 0. The molecule has 3 rings (SSSR count). The lowest BCUT2D eigenvalue weighted by Gasteiger charge is -2.29. The molecule has 0 aromatic heterocycles. The molecule has 0 bridgehead atoms. The van der Waals surface area contributed by atoms with E-state index in [-0.39, 0.29) is 18.4 Å². The Labute approximate surface area is 147 Å². The first kappa shape index (κ1) is 17.0. The second-order valence-corrected chi connectivity index (χ2v) is 5.93. The van der Waals surface area contributed by atoms with Crippen molar-refractivity contribution in [3.63, 3.8) is 0 Å². The number of anilines is 2. The van der Waals surface area contributed by atoms with Gasteiger partial charge < -0.3 is 15.0 Å². The van der Waals surface area contributed by atoms with Crippen LogP contribution in [0.25, 0.3) is 0 Å². The number of amides is 1. The van der Waals surface area contributed by atoms with Gasteiger partial charge in [-0.1, -0.05) is 18.2 Å². The van der Waals surface area contributed by atoms with E-state index in [0.717, 1.165) is 30.8 Å². The van der Waals surface area contributed by atoms with Crippen LogP contribution in [0, 0.1) is 0 Å². The quantitative estimate of drug-likeness (QED) is 0.850. The first-order valence-electron chi connectivity index (χ1n) is 8.58. The van der Waals surface area contributed by atoms with Gasteiger partial charge in [0.05, 0.1) is 18.7 Å². The van der Waals surface area contributed by atoms with E-state index in [1.807, 2.05) is 23.1 Å². The number of esters is 1. The van der Waals surface area contributed by atoms with E-state index in [0.29, 0.717) is 12.2 Å². The van der Waals surface area contributed by atoms with Crippen molar-refractivity contribution < 1.29 is 14.3 Å². The maximum Gasteiger partial charge on any atom is 0.338 e. The average molecular weight is 338 g/mol. The van der Waals surface area contributed by atoms with Crippen LogP contribution < -0.4 is 10.2 Å². The van der Waals surface area contributed by atoms with Crippen molar-refractivity contribution in [2.75, 3.05) is 29.9 Å². The van der Waals surface area contributed by atoms with Gasteiger partial charge in [0.1, 0.15) is 0 Å². The van der Waals surface area contributed by atoms with Crippen LogP contribution >= 0.6 is 0 Å². The molecule has 1 N–H and O–H groups in total. The highest BCUT2D eigenvalue weighted by Crippen LogP contribution is 2.26. The smallest absolute Gasteiger partial charge is 0.338 e. The molecule has 0 saturated carbocycles. The highest BCUT2D eigenvalue weighted by atomic mass is 16.5. The Morgan fingerprint density at radius 1 is 1.12 bits per heavy atom. The maximum absolute atomic E-state index is 12.6. The van der Waals surface area contributed by atoms with Crippen LogP contribution in [0.2, 0.25) is 0 Å². The number of nitrogens with one attached hydrogen (secondary N) is 1. The summed E-state index contributed by atoms with van der Waals surface area (Å²) in [6.07, 6.45) is 2.00. The molecule has 0 unspecified atom stereocenters. The maximum atomic E-state index is 12.6. The lowest BCUT2D eigenvalue weighted by molar-refractivity contribution is -0.117. The molecule has 2 aromatic rings. The molecule has 1 amide bonds. The predicted octanol–water partition coefficient (Wildman–Crippen LogP) is 3.25. The number of carbonyl (C=O) groups excluding carboxylic acids is 2. The zero-order valence-electron chi connectivity index (χ0n) is 14.3. The number of carbonyl (C=O) groups is 2. The number of ether oxygens (including phenoxy) is 1. The standard InChI is InChI=1S/C20H22N2O3/c1-2-25-20(24)16-9-11-17(12-10-16)21-14-19(23)22-13-5-7-15-6-3-4-8-18(15)22/h3-4,6,8-12,21H,2,5,7,13-14H2,1H3. The van der Waals surface area contributed by atoms with Gasteiger partial charge in [0.25, 0.3) is 0 Å². The van der Waals surface area contributed by atoms with E-state index >= 15 is 0 Å². The van der Waals surface area contributed by atoms with Crippen LogP contribution in [0.15, 0.2) is 48.5 Å². The van der Waals surface area contributed by atoms with Gasteiger partial charge in [-0.05, 0) is 55.7 Å². The molecule has 0 aliphatic carbocycles. The Morgan fingerprint density at radius 2 is 1.88 bits per heavy atom. The molecule has 5 heteroatoms. The Hall–Kier alpha value is -2.82. The molecule has 1 heterocycles. The third-order valence-electron chi connectivity index (χ3n) is 4.25. The monoisotopic (exact) mass is 338 g/mol. The molecular weight excluding hydrogens is 316 g/mol. The molecule has 0 spiro atoms. The minimum absolute atomic E-state index is 0.0432. The first-order valence-corrected chi connectivity index (χ1v) is 8.58. The van der Waals surface area contributed by atoms with Gasteiger partial charge in [-0.15, -0.1) is 0 Å². The van der Waals surface area contributed by atoms with Crippen molar-refractivity contribution in [1.29, 1.82) is 0 Å². The van der Waals surface area contributed by atoms with Crippen molar-refractivity contribution in [3.8, 4) is 0 Å². The molecule has 2 aromatic carbocycles. The van der Waals surface area contributed by atoms with Crippen molar-refractivity contribution in [3.05, 3.63) is 59.7 Å². The van der Waals surface area contributed by atoms with Gasteiger partial charge in [0.2, 0.25) is 5.91 Å². The van der Waals surface area contributed by atoms with E-state index in [1.165, 1.54) is 5.56 Å². The fraction of sp³-hybridized carbons (Fsp3) is 0.300. The average Bonchev–Trinajstić information content (AvgIpc) is 2.66. The summed E-state index contributed by atoms with van der Waals surface area (Å²) in [5.74, 6) is -0.295. The number of rotatable bonds is 5. The van der Waals surface area contributed by atoms with Gasteiger partial charge in [0.15, 0.2) is 0 Å². The van der Waals surface area contributed by atoms with E-state index < -0.39 is 0 Å². The molecule has 130 valence electrons. The second-order valence-electron chi connectivity index (χ2n) is 5.93. The van der Waals surface area contributed by atoms with Crippen LogP contribution in [-0.4, -0.2) is 31.6 Å². The van der Waals surface area contributed by atoms with Crippen LogP contribution in [0.4, 0.5) is 11.4 Å². The Kier molecular flexibility index (Phi) is 5.33. The number of benzene rings is 2. The third-order valence-corrected chi connectivity index (χ3v) is 4.25. The fourth-order valence-electron chi connectivity index (χ4n) is 3.00. The molecule has 0 saturated heterocycles. The molecule has 25 heavy (non-hydrogen) atoms. The number of fused-ring (bicyclic) bond motifs is 1. The first-order chi connectivity index (χ1) is 12.2. The summed E-state index contributed by atoms with van der Waals surface area (Å²) in [5, 5.41) is 3.13. The number of hydrogen-bond acceptors (Lipinski definition) is 4. The van der Waals surface area contributed by atoms with E-state index in [4.69, 9.17) is 4.74 Å². The molecule has 5 nitrogen and oxygen atoms in total. The highest BCUT2D eigenvalue weighted by Gasteiger charge is 2.21. The van der Waals surface area contributed by atoms with Gasteiger partial charge in [-0.25, -0.2) is 4.79 Å². The van der Waals surface area contributed by atoms with Crippen LogP contribution in [0.3, 0.4) is 0 Å². The summed E-state index contributed by atoms with van der Waals surface area (Å²) in [6.45, 7) is 3.09. The number of aryl methyl sites for hydroxylation is 1. The fourth-order valence-corrected chi connectivity index (χ4v) is 3.00. The normalized spacial score (nSPS) is 13.1. The van der Waals surface area contributed by atoms with E-state index in [2.05, 4.69) is 11.4 Å². The topological polar surface area (TPSA) is 58.6 Å². The van der Waals surface area contributed by atoms with Crippen molar-refractivity contribution in [2.45, 2.75) is 19.8 Å². The predicted molar refractivity (Wildman–Crippen MR) is 98.0 cm³/mol. The molecule has 1 aliphatic heterocycles. The molecule has 1 aliphatic rings. The molecule has 0 radical (unpaired) electrons. The van der Waals surface area contributed by atoms with Crippen molar-refractivity contribution in [1.82, 2.24) is 0 Å². The Bertz CT molecular complexity index is 756. The third kappa shape index (κ3) is 3.99. The summed E-state index contributed by atoms with van der Waals surface area (Å²) in [4.78, 5) is 26.1. The zero-order chi connectivity index (χ0) is 17.6. The Balaban J connectivity index is 1.61. The summed E-state index contributed by atoms with van der Waals surface area (Å²) >= 11 is 0. The lowest BCUT2D eigenvalue weighted by Crippen LogP contribution is -2.39. The SMILES string of the molecule is CCOC(=O)c1ccc(NCC(=O)N2CCCc3ccccc32)cc1. The van der Waals surface area contributed by atoms with Crippen LogP contribution in [0.5, 0.6) is 0 Å². The summed E-state index contributed by atoms with van der Waals surface area (Å²) < 4.78 is 4.96. The molecule has 0 atom stereocenters.